The summed E-state index contributed by atoms with van der Waals surface area (Å²) in [6.07, 6.45) is 0.373. The molecule has 1 amide bonds. The summed E-state index contributed by atoms with van der Waals surface area (Å²) >= 11 is 7.40. The van der Waals surface area contributed by atoms with Crippen molar-refractivity contribution < 1.29 is 9.53 Å². The lowest BCUT2D eigenvalue weighted by molar-refractivity contribution is -0.115. The Labute approximate surface area is 131 Å². The maximum absolute atomic E-state index is 11.7. The zero-order valence-electron chi connectivity index (χ0n) is 11.4. The zero-order valence-corrected chi connectivity index (χ0v) is 13.0. The third-order valence-corrected chi connectivity index (χ3v) is 3.67. The molecule has 0 atom stereocenters. The summed E-state index contributed by atoms with van der Waals surface area (Å²) in [4.78, 5) is 16.8. The molecule has 6 nitrogen and oxygen atoms in total. The number of hydrogen-bond donors (Lipinski definition) is 2. The Balaban J connectivity index is 1.72. The summed E-state index contributed by atoms with van der Waals surface area (Å²) in [5, 5.41) is 9.74. The molecule has 1 heterocycles. The molecule has 0 saturated carbocycles. The van der Waals surface area contributed by atoms with Gasteiger partial charge in [-0.2, -0.15) is 4.98 Å². The topological polar surface area (TPSA) is 79.9 Å². The van der Waals surface area contributed by atoms with E-state index in [2.05, 4.69) is 20.5 Å². The Hall–Kier alpha value is -1.73. The molecule has 0 aliphatic carbocycles. The van der Waals surface area contributed by atoms with Gasteiger partial charge in [-0.05, 0) is 31.2 Å². The van der Waals surface area contributed by atoms with Gasteiger partial charge >= 0.3 is 6.01 Å². The van der Waals surface area contributed by atoms with Crippen molar-refractivity contribution in [1.29, 1.82) is 0 Å². The van der Waals surface area contributed by atoms with E-state index < -0.39 is 0 Å². The highest BCUT2D eigenvalue weighted by molar-refractivity contribution is 7.99. The zero-order chi connectivity index (χ0) is 15.1. The quantitative estimate of drug-likeness (QED) is 0.765. The van der Waals surface area contributed by atoms with E-state index in [1.165, 1.54) is 0 Å². The molecule has 1 aromatic carbocycles. The monoisotopic (exact) mass is 326 g/mol. The standard InChI is InChI=1S/C13H15ClN4O2S/c1-2-20-13-16-12(17-18-13)15-11(19)7-8-21-10-5-3-9(14)4-6-10/h3-6H,2,7-8H2,1H3,(H2,15,16,17,18,19). The van der Waals surface area contributed by atoms with Crippen LogP contribution >= 0.6 is 23.4 Å². The van der Waals surface area contributed by atoms with Crippen molar-refractivity contribution in [3.05, 3.63) is 29.3 Å². The minimum atomic E-state index is -0.129. The van der Waals surface area contributed by atoms with Crippen molar-refractivity contribution in [2.45, 2.75) is 18.2 Å². The van der Waals surface area contributed by atoms with Crippen LogP contribution in [-0.4, -0.2) is 33.4 Å². The lowest BCUT2D eigenvalue weighted by Crippen LogP contribution is -2.13. The fraction of sp³-hybridized carbons (Fsp3) is 0.308. The summed E-state index contributed by atoms with van der Waals surface area (Å²) < 4.78 is 5.10. The minimum Gasteiger partial charge on any atom is -0.463 e. The molecule has 0 bridgehead atoms. The number of thioether (sulfide) groups is 1. The second-order valence-corrected chi connectivity index (χ2v) is 5.60. The Morgan fingerprint density at radius 1 is 1.43 bits per heavy atom. The molecule has 0 aliphatic rings. The van der Waals surface area contributed by atoms with Crippen LogP contribution < -0.4 is 10.1 Å². The van der Waals surface area contributed by atoms with Gasteiger partial charge in [0.05, 0.1) is 6.61 Å². The van der Waals surface area contributed by atoms with Gasteiger partial charge in [0.2, 0.25) is 11.9 Å². The normalized spacial score (nSPS) is 10.4. The number of aromatic nitrogens is 3. The molecule has 0 unspecified atom stereocenters. The largest absolute Gasteiger partial charge is 0.463 e. The van der Waals surface area contributed by atoms with Gasteiger partial charge in [0.1, 0.15) is 0 Å². The van der Waals surface area contributed by atoms with Crippen LogP contribution in [0.3, 0.4) is 0 Å². The number of carbonyl (C=O) groups is 1. The molecule has 2 aromatic rings. The van der Waals surface area contributed by atoms with Gasteiger partial charge in [-0.25, -0.2) is 5.10 Å². The third-order valence-electron chi connectivity index (χ3n) is 2.41. The Bertz CT molecular complexity index is 588. The third kappa shape index (κ3) is 5.28. The van der Waals surface area contributed by atoms with Crippen molar-refractivity contribution in [3.8, 4) is 6.01 Å². The fourth-order valence-corrected chi connectivity index (χ4v) is 2.46. The molecule has 0 radical (unpaired) electrons. The number of hydrogen-bond acceptors (Lipinski definition) is 5. The van der Waals surface area contributed by atoms with E-state index in [4.69, 9.17) is 16.3 Å². The molecule has 1 aromatic heterocycles. The lowest BCUT2D eigenvalue weighted by atomic mass is 10.4. The van der Waals surface area contributed by atoms with E-state index in [1.807, 2.05) is 31.2 Å². The number of aromatic amines is 1. The molecule has 2 rings (SSSR count). The Morgan fingerprint density at radius 2 is 2.19 bits per heavy atom. The first-order valence-electron chi connectivity index (χ1n) is 6.41. The number of nitrogens with one attached hydrogen (secondary N) is 2. The summed E-state index contributed by atoms with van der Waals surface area (Å²) in [6.45, 7) is 2.31. The van der Waals surface area contributed by atoms with Gasteiger partial charge < -0.3 is 4.74 Å². The maximum Gasteiger partial charge on any atom is 0.337 e. The molecular formula is C13H15ClN4O2S. The van der Waals surface area contributed by atoms with Crippen LogP contribution in [0.25, 0.3) is 0 Å². The smallest absolute Gasteiger partial charge is 0.337 e. The van der Waals surface area contributed by atoms with Crippen LogP contribution in [0.15, 0.2) is 29.2 Å². The number of ether oxygens (including phenoxy) is 1. The van der Waals surface area contributed by atoms with Crippen LogP contribution in [-0.2, 0) is 4.79 Å². The highest BCUT2D eigenvalue weighted by Crippen LogP contribution is 2.21. The van der Waals surface area contributed by atoms with Gasteiger partial charge in [-0.3, -0.25) is 10.1 Å². The van der Waals surface area contributed by atoms with Crippen LogP contribution in [0, 0.1) is 0 Å². The van der Waals surface area contributed by atoms with E-state index in [0.29, 0.717) is 29.8 Å². The van der Waals surface area contributed by atoms with E-state index in [-0.39, 0.29) is 11.9 Å². The average Bonchev–Trinajstić information content (AvgIpc) is 2.89. The molecule has 0 saturated heterocycles. The van der Waals surface area contributed by atoms with Crippen molar-refractivity contribution in [2.24, 2.45) is 0 Å². The molecule has 21 heavy (non-hydrogen) atoms. The average molecular weight is 327 g/mol. The van der Waals surface area contributed by atoms with Gasteiger partial charge in [-0.1, -0.05) is 11.6 Å². The predicted molar refractivity (Wildman–Crippen MR) is 83.0 cm³/mol. The number of benzene rings is 1. The van der Waals surface area contributed by atoms with Crippen LogP contribution in [0.5, 0.6) is 6.01 Å². The molecule has 2 N–H and O–H groups in total. The summed E-state index contributed by atoms with van der Waals surface area (Å²) in [7, 11) is 0. The van der Waals surface area contributed by atoms with E-state index in [9.17, 15) is 4.79 Å². The molecule has 0 fully saturated rings. The second-order valence-electron chi connectivity index (χ2n) is 4.00. The number of halogens is 1. The fourth-order valence-electron chi connectivity index (χ4n) is 1.48. The van der Waals surface area contributed by atoms with Gasteiger partial charge in [0.15, 0.2) is 0 Å². The molecular weight excluding hydrogens is 312 g/mol. The van der Waals surface area contributed by atoms with Gasteiger partial charge in [0, 0.05) is 22.1 Å². The first kappa shape index (κ1) is 15.7. The van der Waals surface area contributed by atoms with Crippen molar-refractivity contribution in [1.82, 2.24) is 15.2 Å². The first-order valence-corrected chi connectivity index (χ1v) is 7.77. The molecule has 8 heteroatoms. The first-order chi connectivity index (χ1) is 10.2. The van der Waals surface area contributed by atoms with E-state index in [1.54, 1.807) is 11.8 Å². The number of carbonyl (C=O) groups excluding carboxylic acids is 1. The molecule has 0 spiro atoms. The van der Waals surface area contributed by atoms with Crippen molar-refractivity contribution in [2.75, 3.05) is 17.7 Å². The SMILES string of the molecule is CCOc1n[nH]c(NC(=O)CCSc2ccc(Cl)cc2)n1. The Kier molecular flexibility index (Phi) is 5.89. The van der Waals surface area contributed by atoms with Crippen LogP contribution in [0.1, 0.15) is 13.3 Å². The predicted octanol–water partition coefficient (Wildman–Crippen LogP) is 2.98. The van der Waals surface area contributed by atoms with Gasteiger partial charge in [-0.15, -0.1) is 16.9 Å². The van der Waals surface area contributed by atoms with E-state index >= 15 is 0 Å². The highest BCUT2D eigenvalue weighted by Gasteiger charge is 2.07. The molecule has 112 valence electrons. The lowest BCUT2D eigenvalue weighted by Gasteiger charge is -2.02. The second kappa shape index (κ2) is 7.90. The number of amides is 1. The number of nitrogens with zero attached hydrogens (tertiary/aromatic N) is 2. The Morgan fingerprint density at radius 3 is 2.90 bits per heavy atom. The summed E-state index contributed by atoms with van der Waals surface area (Å²) in [5.41, 5.74) is 0. The minimum absolute atomic E-state index is 0.129. The summed E-state index contributed by atoms with van der Waals surface area (Å²) in [5.74, 6) is 0.829. The van der Waals surface area contributed by atoms with Crippen LogP contribution in [0.4, 0.5) is 5.95 Å². The van der Waals surface area contributed by atoms with Gasteiger partial charge in [0.25, 0.3) is 0 Å². The van der Waals surface area contributed by atoms with E-state index in [0.717, 1.165) is 4.90 Å². The highest BCUT2D eigenvalue weighted by atomic mass is 35.5. The van der Waals surface area contributed by atoms with Crippen LogP contribution in [0.2, 0.25) is 5.02 Å². The number of rotatable bonds is 7. The number of anilines is 1. The summed E-state index contributed by atoms with van der Waals surface area (Å²) in [6, 6.07) is 7.73. The van der Waals surface area contributed by atoms with Crippen molar-refractivity contribution >= 4 is 35.2 Å². The molecule has 0 aliphatic heterocycles. The number of H-pyrrole nitrogens is 1. The maximum atomic E-state index is 11.7. The van der Waals surface area contributed by atoms with Crippen molar-refractivity contribution in [3.63, 3.8) is 0 Å².